The first-order valence-electron chi connectivity index (χ1n) is 9.29. The number of amides is 1. The van der Waals surface area contributed by atoms with Crippen LogP contribution in [0.3, 0.4) is 0 Å². The van der Waals surface area contributed by atoms with Crippen LogP contribution in [0.15, 0.2) is 53.2 Å². The number of hydrogen-bond donors (Lipinski definition) is 2. The van der Waals surface area contributed by atoms with Crippen molar-refractivity contribution in [1.82, 2.24) is 20.4 Å². The number of anilines is 1. The van der Waals surface area contributed by atoms with Crippen LogP contribution in [-0.2, 0) is 11.4 Å². The summed E-state index contributed by atoms with van der Waals surface area (Å²) in [5.74, 6) is 2.23. The molecule has 8 nitrogen and oxygen atoms in total. The summed E-state index contributed by atoms with van der Waals surface area (Å²) in [4.78, 5) is 20.7. The molecule has 1 atom stereocenters. The molecule has 28 heavy (non-hydrogen) atoms. The summed E-state index contributed by atoms with van der Waals surface area (Å²) in [6, 6.07) is 12.8. The standard InChI is InChI=1S/C20H21N5O3/c26-19-16(8-4-5-11-21-19)23-17-10-9-14(12-22-17)20-24-18(25-28-20)13-27-15-6-2-1-3-7-15/h1-3,6-7,9-10,12,16H,4-5,8,11,13H2,(H,21,26)(H,22,23)/t16-/m0/s1. The zero-order chi connectivity index (χ0) is 19.2. The summed E-state index contributed by atoms with van der Waals surface area (Å²) in [6.07, 6.45) is 4.45. The van der Waals surface area contributed by atoms with Crippen molar-refractivity contribution in [1.29, 1.82) is 0 Å². The minimum atomic E-state index is -0.258. The Morgan fingerprint density at radius 1 is 1.18 bits per heavy atom. The summed E-state index contributed by atoms with van der Waals surface area (Å²) in [5, 5.41) is 10.0. The lowest BCUT2D eigenvalue weighted by Gasteiger charge is -2.15. The number of ether oxygens (including phenoxy) is 1. The summed E-state index contributed by atoms with van der Waals surface area (Å²) in [5.41, 5.74) is 0.703. The van der Waals surface area contributed by atoms with Gasteiger partial charge < -0.3 is 19.9 Å². The first-order chi connectivity index (χ1) is 13.8. The predicted octanol–water partition coefficient (Wildman–Crippen LogP) is 2.79. The fourth-order valence-electron chi connectivity index (χ4n) is 2.96. The monoisotopic (exact) mass is 379 g/mol. The van der Waals surface area contributed by atoms with Gasteiger partial charge in [0.15, 0.2) is 6.61 Å². The fraction of sp³-hybridized carbons (Fsp3) is 0.300. The number of aromatic nitrogens is 3. The Hall–Kier alpha value is -3.42. The van der Waals surface area contributed by atoms with Gasteiger partial charge in [0, 0.05) is 12.7 Å². The highest BCUT2D eigenvalue weighted by Gasteiger charge is 2.20. The van der Waals surface area contributed by atoms with Gasteiger partial charge in [-0.3, -0.25) is 4.79 Å². The van der Waals surface area contributed by atoms with Crippen molar-refractivity contribution in [2.24, 2.45) is 0 Å². The zero-order valence-electron chi connectivity index (χ0n) is 15.3. The molecule has 1 aromatic carbocycles. The fourth-order valence-corrected chi connectivity index (χ4v) is 2.96. The Morgan fingerprint density at radius 2 is 2.07 bits per heavy atom. The maximum absolute atomic E-state index is 12.0. The highest BCUT2D eigenvalue weighted by molar-refractivity contribution is 5.84. The van der Waals surface area contributed by atoms with Gasteiger partial charge in [0.1, 0.15) is 17.6 Å². The zero-order valence-corrected chi connectivity index (χ0v) is 15.3. The van der Waals surface area contributed by atoms with Crippen molar-refractivity contribution in [2.75, 3.05) is 11.9 Å². The van der Waals surface area contributed by atoms with Gasteiger partial charge in [-0.15, -0.1) is 0 Å². The van der Waals surface area contributed by atoms with Gasteiger partial charge in [-0.25, -0.2) is 4.98 Å². The van der Waals surface area contributed by atoms with Crippen LogP contribution < -0.4 is 15.4 Å². The SMILES string of the molecule is O=C1NCCCC[C@@H]1Nc1ccc(-c2nc(COc3ccccc3)no2)cn1. The van der Waals surface area contributed by atoms with Crippen molar-refractivity contribution >= 4 is 11.7 Å². The summed E-state index contributed by atoms with van der Waals surface area (Å²) < 4.78 is 10.9. The molecule has 2 N–H and O–H groups in total. The molecule has 1 aliphatic heterocycles. The third kappa shape index (κ3) is 4.46. The van der Waals surface area contributed by atoms with Gasteiger partial charge in [-0.1, -0.05) is 23.4 Å². The third-order valence-electron chi connectivity index (χ3n) is 4.45. The van der Waals surface area contributed by atoms with E-state index in [1.54, 1.807) is 12.3 Å². The Bertz CT molecular complexity index is 911. The molecule has 1 aliphatic rings. The van der Waals surface area contributed by atoms with Crippen molar-refractivity contribution in [3.63, 3.8) is 0 Å². The van der Waals surface area contributed by atoms with Crippen LogP contribution >= 0.6 is 0 Å². The summed E-state index contributed by atoms with van der Waals surface area (Å²) in [7, 11) is 0. The number of pyridine rings is 1. The van der Waals surface area contributed by atoms with Gasteiger partial charge in [-0.05, 0) is 43.5 Å². The van der Waals surface area contributed by atoms with E-state index in [9.17, 15) is 4.79 Å². The van der Waals surface area contributed by atoms with Crippen LogP contribution in [0.5, 0.6) is 5.75 Å². The minimum Gasteiger partial charge on any atom is -0.485 e. The normalized spacial score (nSPS) is 16.9. The highest BCUT2D eigenvalue weighted by Crippen LogP contribution is 2.19. The topological polar surface area (TPSA) is 102 Å². The van der Waals surface area contributed by atoms with Crippen LogP contribution in [0.4, 0.5) is 5.82 Å². The van der Waals surface area contributed by atoms with E-state index in [2.05, 4.69) is 25.8 Å². The second-order valence-electron chi connectivity index (χ2n) is 6.53. The smallest absolute Gasteiger partial charge is 0.259 e. The first kappa shape index (κ1) is 18.0. The van der Waals surface area contributed by atoms with Crippen LogP contribution in [0.1, 0.15) is 25.1 Å². The van der Waals surface area contributed by atoms with Crippen molar-refractivity contribution in [2.45, 2.75) is 31.9 Å². The molecule has 144 valence electrons. The molecule has 0 radical (unpaired) electrons. The molecule has 0 bridgehead atoms. The van der Waals surface area contributed by atoms with E-state index in [4.69, 9.17) is 9.26 Å². The van der Waals surface area contributed by atoms with Gasteiger partial charge >= 0.3 is 0 Å². The molecule has 0 aliphatic carbocycles. The van der Waals surface area contributed by atoms with Crippen LogP contribution in [-0.4, -0.2) is 33.6 Å². The maximum Gasteiger partial charge on any atom is 0.259 e. The molecule has 1 fully saturated rings. The summed E-state index contributed by atoms with van der Waals surface area (Å²) >= 11 is 0. The van der Waals surface area contributed by atoms with E-state index in [1.165, 1.54) is 0 Å². The molecule has 0 unspecified atom stereocenters. The molecule has 1 amide bonds. The van der Waals surface area contributed by atoms with E-state index in [0.29, 0.717) is 23.1 Å². The van der Waals surface area contributed by atoms with E-state index in [0.717, 1.165) is 31.6 Å². The van der Waals surface area contributed by atoms with Gasteiger partial charge in [0.25, 0.3) is 5.89 Å². The largest absolute Gasteiger partial charge is 0.485 e. The molecule has 0 saturated carbocycles. The number of carbonyl (C=O) groups excluding carboxylic acids is 1. The average Bonchev–Trinajstić information content (AvgIpc) is 3.12. The number of nitrogens with zero attached hydrogens (tertiary/aromatic N) is 3. The van der Waals surface area contributed by atoms with Crippen LogP contribution in [0, 0.1) is 0 Å². The second-order valence-corrected chi connectivity index (χ2v) is 6.53. The van der Waals surface area contributed by atoms with E-state index < -0.39 is 0 Å². The van der Waals surface area contributed by atoms with Crippen LogP contribution in [0.25, 0.3) is 11.5 Å². The van der Waals surface area contributed by atoms with Crippen LogP contribution in [0.2, 0.25) is 0 Å². The predicted molar refractivity (Wildman–Crippen MR) is 103 cm³/mol. The molecule has 1 saturated heterocycles. The lowest BCUT2D eigenvalue weighted by molar-refractivity contribution is -0.121. The highest BCUT2D eigenvalue weighted by atomic mass is 16.5. The second kappa shape index (κ2) is 8.51. The Labute approximate surface area is 162 Å². The lowest BCUT2D eigenvalue weighted by Crippen LogP contribution is -2.38. The first-order valence-corrected chi connectivity index (χ1v) is 9.29. The minimum absolute atomic E-state index is 0.0170. The third-order valence-corrected chi connectivity index (χ3v) is 4.45. The molecule has 8 heteroatoms. The van der Waals surface area contributed by atoms with Gasteiger partial charge in [0.05, 0.1) is 5.56 Å². The molecule has 4 rings (SSSR count). The van der Waals surface area contributed by atoms with Crippen molar-refractivity contribution in [3.05, 3.63) is 54.5 Å². The summed E-state index contributed by atoms with van der Waals surface area (Å²) in [6.45, 7) is 0.953. The maximum atomic E-state index is 12.0. The number of nitrogens with one attached hydrogen (secondary N) is 2. The van der Waals surface area contributed by atoms with E-state index in [-0.39, 0.29) is 18.6 Å². The van der Waals surface area contributed by atoms with Crippen molar-refractivity contribution < 1.29 is 14.1 Å². The Morgan fingerprint density at radius 3 is 2.89 bits per heavy atom. The van der Waals surface area contributed by atoms with Gasteiger partial charge in [0.2, 0.25) is 11.7 Å². The number of hydrogen-bond acceptors (Lipinski definition) is 7. The molecule has 0 spiro atoms. The number of rotatable bonds is 6. The van der Waals surface area contributed by atoms with E-state index >= 15 is 0 Å². The molecular formula is C20H21N5O3. The van der Waals surface area contributed by atoms with Crippen molar-refractivity contribution in [3.8, 4) is 17.2 Å². The molecule has 3 heterocycles. The lowest BCUT2D eigenvalue weighted by atomic mass is 10.1. The number of carbonyl (C=O) groups is 1. The molecular weight excluding hydrogens is 358 g/mol. The number of benzene rings is 1. The molecule has 2 aromatic heterocycles. The Kier molecular flexibility index (Phi) is 5.46. The quantitative estimate of drug-likeness (QED) is 0.679. The number of para-hydroxylation sites is 1. The molecule has 3 aromatic rings. The Balaban J connectivity index is 1.37. The van der Waals surface area contributed by atoms with E-state index in [1.807, 2.05) is 36.4 Å². The van der Waals surface area contributed by atoms with Gasteiger partial charge in [-0.2, -0.15) is 4.98 Å². The average molecular weight is 379 g/mol.